The van der Waals surface area contributed by atoms with E-state index in [0.29, 0.717) is 9.54 Å². The molecule has 0 N–H and O–H groups in total. The molecule has 1 aliphatic heterocycles. The number of hydrogen-bond acceptors (Lipinski definition) is 2. The average Bonchev–Trinajstić information content (AvgIpc) is 3.58. The molecule has 3 aromatic rings. The zero-order chi connectivity index (χ0) is 21.2. The number of benzene rings is 2. The second-order valence-corrected chi connectivity index (χ2v) is 10.4. The van der Waals surface area contributed by atoms with Gasteiger partial charge in [0, 0.05) is 10.8 Å². The maximum absolute atomic E-state index is 6.10. The van der Waals surface area contributed by atoms with Crippen LogP contribution in [0.5, 0.6) is 0 Å². The second-order valence-electron chi connectivity index (χ2n) is 7.76. The van der Waals surface area contributed by atoms with Crippen molar-refractivity contribution in [1.82, 2.24) is 0 Å². The number of thioether (sulfide) groups is 1. The Kier molecular flexibility index (Phi) is 9.30. The van der Waals surface area contributed by atoms with Crippen molar-refractivity contribution in [3.63, 3.8) is 0 Å². The summed E-state index contributed by atoms with van der Waals surface area (Å²) in [6, 6.07) is 23.0. The van der Waals surface area contributed by atoms with E-state index in [1.807, 2.05) is 30.0 Å². The number of allylic oxidation sites excluding steroid dienone is 7. The topological polar surface area (TPSA) is 13.1 Å². The second kappa shape index (κ2) is 11.8. The Morgan fingerprint density at radius 2 is 1.64 bits per heavy atom. The molecule has 0 fully saturated rings. The van der Waals surface area contributed by atoms with Gasteiger partial charge in [-0.1, -0.05) is 43.0 Å². The molecule has 6 rings (SSSR count). The molecule has 2 atom stereocenters. The fraction of sp³-hybridized carbons (Fsp3) is 0.143. The van der Waals surface area contributed by atoms with E-state index in [-0.39, 0.29) is 24.8 Å². The van der Waals surface area contributed by atoms with Gasteiger partial charge >= 0.3 is 139 Å². The van der Waals surface area contributed by atoms with E-state index in [1.165, 1.54) is 57.7 Å². The number of furan rings is 1. The number of rotatable bonds is 3. The standard InChI is InChI=1S/C19H13O.C9H10S.2ClH.Zr/c1-2-6-14(7-3-1)18-10-11-19(20-18)17-12-15-8-4-5-9-16(15)13-17;1-2-8-6-7-4-3-5-9(7)10-8;;;/h1-13H;3-7H,2H2,1H3;2*1H;/q;;;;+2/p-2. The molecular formula is C28H23Cl2OSZr. The third-order valence-electron chi connectivity index (χ3n) is 5.75. The fourth-order valence-electron chi connectivity index (χ4n) is 4.08. The predicted octanol–water partition coefficient (Wildman–Crippen LogP) is 2.19. The first-order chi connectivity index (χ1) is 15.2. The summed E-state index contributed by atoms with van der Waals surface area (Å²) in [5.74, 6) is 2.57. The first-order valence-electron chi connectivity index (χ1n) is 10.7. The van der Waals surface area contributed by atoms with Crippen molar-refractivity contribution < 1.29 is 54.0 Å². The van der Waals surface area contributed by atoms with Crippen molar-refractivity contribution in [3.05, 3.63) is 118 Å². The SMILES string of the molecule is CCC1=CC2C=CC=C2S1.[Cl-].[Cl-].[Zr+2][CH]1C(c2ccc(-c3ccccc3)o2)=Cc2ccccc21. The van der Waals surface area contributed by atoms with E-state index >= 15 is 0 Å². The minimum atomic E-state index is 0. The minimum absolute atomic E-state index is 0. The van der Waals surface area contributed by atoms with Crippen molar-refractivity contribution in [3.8, 4) is 11.3 Å². The monoisotopic (exact) mass is 567 g/mol. The summed E-state index contributed by atoms with van der Waals surface area (Å²) in [4.78, 5) is 3.04. The van der Waals surface area contributed by atoms with Gasteiger partial charge < -0.3 is 24.8 Å². The Bertz CT molecular complexity index is 1220. The van der Waals surface area contributed by atoms with Gasteiger partial charge in [-0.2, -0.15) is 0 Å². The molecule has 0 spiro atoms. The first-order valence-corrected chi connectivity index (χ1v) is 12.9. The van der Waals surface area contributed by atoms with Crippen molar-refractivity contribution in [2.45, 2.75) is 17.0 Å². The summed E-state index contributed by atoms with van der Waals surface area (Å²) in [6.45, 7) is 2.21. The van der Waals surface area contributed by atoms with Crippen molar-refractivity contribution in [1.29, 1.82) is 0 Å². The number of halogens is 2. The van der Waals surface area contributed by atoms with Crippen LogP contribution in [-0.2, 0) is 24.7 Å². The van der Waals surface area contributed by atoms with Gasteiger partial charge in [-0.15, -0.1) is 0 Å². The molecular weight excluding hydrogens is 547 g/mol. The Morgan fingerprint density at radius 3 is 2.36 bits per heavy atom. The van der Waals surface area contributed by atoms with E-state index in [0.717, 1.165) is 17.1 Å². The molecule has 0 saturated carbocycles. The quantitative estimate of drug-likeness (QED) is 0.480. The van der Waals surface area contributed by atoms with Crippen LogP contribution in [0.1, 0.15) is 33.9 Å². The van der Waals surface area contributed by atoms with Crippen LogP contribution in [-0.4, -0.2) is 0 Å². The Balaban J connectivity index is 0.000000217. The van der Waals surface area contributed by atoms with Crippen LogP contribution in [0.2, 0.25) is 0 Å². The zero-order valence-electron chi connectivity index (χ0n) is 18.2. The molecule has 1 nitrogen and oxygen atoms in total. The van der Waals surface area contributed by atoms with Crippen LogP contribution in [0.25, 0.3) is 23.0 Å². The van der Waals surface area contributed by atoms with Gasteiger partial charge in [0.25, 0.3) is 0 Å². The number of fused-ring (bicyclic) bond motifs is 2. The zero-order valence-corrected chi connectivity index (χ0v) is 23.0. The van der Waals surface area contributed by atoms with Crippen LogP contribution < -0.4 is 24.8 Å². The molecule has 2 aliphatic carbocycles. The normalized spacial score (nSPS) is 19.2. The molecule has 33 heavy (non-hydrogen) atoms. The molecule has 2 aromatic carbocycles. The third kappa shape index (κ3) is 5.60. The van der Waals surface area contributed by atoms with E-state index in [9.17, 15) is 0 Å². The van der Waals surface area contributed by atoms with Crippen molar-refractivity contribution in [2.24, 2.45) is 5.92 Å². The van der Waals surface area contributed by atoms with E-state index in [2.05, 4.69) is 85.8 Å². The molecule has 3 aliphatic rings. The van der Waals surface area contributed by atoms with Gasteiger partial charge in [0.05, 0.1) is 0 Å². The Labute approximate surface area is 227 Å². The summed E-state index contributed by atoms with van der Waals surface area (Å²) in [7, 11) is 0. The van der Waals surface area contributed by atoms with E-state index in [1.54, 1.807) is 0 Å². The summed E-state index contributed by atoms with van der Waals surface area (Å²) >= 11 is 3.44. The molecule has 5 heteroatoms. The van der Waals surface area contributed by atoms with Gasteiger partial charge in [0.1, 0.15) is 0 Å². The van der Waals surface area contributed by atoms with Crippen molar-refractivity contribution in [2.75, 3.05) is 0 Å². The molecule has 2 heterocycles. The van der Waals surface area contributed by atoms with Crippen LogP contribution >= 0.6 is 11.8 Å². The number of hydrogen-bond donors (Lipinski definition) is 0. The molecule has 2 unspecified atom stereocenters. The predicted molar refractivity (Wildman–Crippen MR) is 128 cm³/mol. The third-order valence-corrected chi connectivity index (χ3v) is 8.61. The summed E-state index contributed by atoms with van der Waals surface area (Å²) < 4.78 is 6.58. The van der Waals surface area contributed by atoms with E-state index in [4.69, 9.17) is 4.42 Å². The first kappa shape index (κ1) is 26.1. The molecule has 0 amide bonds. The van der Waals surface area contributed by atoms with Crippen LogP contribution in [0.15, 0.2) is 105 Å². The van der Waals surface area contributed by atoms with Gasteiger partial charge in [0.2, 0.25) is 0 Å². The Morgan fingerprint density at radius 1 is 0.909 bits per heavy atom. The van der Waals surface area contributed by atoms with Gasteiger partial charge in [-0.3, -0.25) is 0 Å². The van der Waals surface area contributed by atoms with Crippen LogP contribution in [0, 0.1) is 5.92 Å². The molecule has 0 bridgehead atoms. The molecule has 0 saturated heterocycles. The summed E-state index contributed by atoms with van der Waals surface area (Å²) in [6.07, 6.45) is 12.4. The van der Waals surface area contributed by atoms with Crippen LogP contribution in [0.4, 0.5) is 0 Å². The van der Waals surface area contributed by atoms with Crippen molar-refractivity contribution >= 4 is 23.4 Å². The Hall–Kier alpha value is -1.51. The molecule has 165 valence electrons. The van der Waals surface area contributed by atoms with Gasteiger partial charge in [0.15, 0.2) is 0 Å². The summed E-state index contributed by atoms with van der Waals surface area (Å²) in [5, 5.41) is 0. The van der Waals surface area contributed by atoms with Crippen LogP contribution in [0.3, 0.4) is 0 Å². The molecule has 1 aromatic heterocycles. The average molecular weight is 570 g/mol. The fourth-order valence-corrected chi connectivity index (χ4v) is 6.37. The summed E-state index contributed by atoms with van der Waals surface area (Å²) in [5.41, 5.74) is 5.17. The van der Waals surface area contributed by atoms with Gasteiger partial charge in [-0.25, -0.2) is 0 Å². The van der Waals surface area contributed by atoms with E-state index < -0.39 is 0 Å². The van der Waals surface area contributed by atoms with Gasteiger partial charge in [-0.05, 0) is 11.3 Å². The maximum atomic E-state index is 6.10. The molecule has 0 radical (unpaired) electrons.